The lowest BCUT2D eigenvalue weighted by Crippen LogP contribution is -2.28. The largest absolute Gasteiger partial charge is 0.423 e. The molecule has 1 amide bonds. The summed E-state index contributed by atoms with van der Waals surface area (Å²) in [6.07, 6.45) is 2.22. The summed E-state index contributed by atoms with van der Waals surface area (Å²) in [7, 11) is 1.76. The third-order valence-electron chi connectivity index (χ3n) is 3.10. The third-order valence-corrected chi connectivity index (χ3v) is 3.10. The van der Waals surface area contributed by atoms with Crippen LogP contribution in [0.1, 0.15) is 31.5 Å². The van der Waals surface area contributed by atoms with E-state index in [2.05, 4.69) is 10.2 Å². The predicted molar refractivity (Wildman–Crippen MR) is 63.7 cm³/mol. The molecule has 0 saturated carbocycles. The van der Waals surface area contributed by atoms with E-state index >= 15 is 0 Å². The lowest BCUT2D eigenvalue weighted by molar-refractivity contribution is -0.131. The smallest absolute Gasteiger partial charge is 0.235 e. The minimum absolute atomic E-state index is 0.0988. The molecule has 1 unspecified atom stereocenters. The quantitative estimate of drug-likeness (QED) is 0.783. The number of ether oxygens (including phenoxy) is 1. The lowest BCUT2D eigenvalue weighted by atomic mass is 10.0. The zero-order valence-corrected chi connectivity index (χ0v) is 10.9. The van der Waals surface area contributed by atoms with E-state index in [1.54, 1.807) is 11.9 Å². The van der Waals surface area contributed by atoms with Gasteiger partial charge < -0.3 is 14.1 Å². The van der Waals surface area contributed by atoms with Gasteiger partial charge in [-0.05, 0) is 12.3 Å². The van der Waals surface area contributed by atoms with Crippen LogP contribution in [0.25, 0.3) is 0 Å². The summed E-state index contributed by atoms with van der Waals surface area (Å²) in [5.41, 5.74) is 0. The van der Waals surface area contributed by atoms with Crippen molar-refractivity contribution in [2.75, 3.05) is 20.3 Å². The van der Waals surface area contributed by atoms with Crippen molar-refractivity contribution in [3.05, 3.63) is 11.8 Å². The van der Waals surface area contributed by atoms with E-state index in [4.69, 9.17) is 9.15 Å². The topological polar surface area (TPSA) is 68.5 Å². The molecule has 0 aliphatic carbocycles. The Balaban J connectivity index is 1.82. The van der Waals surface area contributed by atoms with Crippen molar-refractivity contribution in [2.24, 2.45) is 5.92 Å². The van der Waals surface area contributed by atoms with Gasteiger partial charge in [0.05, 0.1) is 6.54 Å². The standard InChI is InChI=1S/C12H19N3O3/c1-3-10-13-14-11(18-10)7-15(2)12(16)6-9-4-5-17-8-9/h9H,3-8H2,1-2H3. The Morgan fingerprint density at radius 1 is 1.44 bits per heavy atom. The van der Waals surface area contributed by atoms with Crippen molar-refractivity contribution in [3.8, 4) is 0 Å². The number of hydrogen-bond acceptors (Lipinski definition) is 5. The zero-order chi connectivity index (χ0) is 13.0. The van der Waals surface area contributed by atoms with Crippen molar-refractivity contribution in [2.45, 2.75) is 32.7 Å². The van der Waals surface area contributed by atoms with Gasteiger partial charge in [-0.3, -0.25) is 4.79 Å². The first kappa shape index (κ1) is 13.0. The first-order valence-electron chi connectivity index (χ1n) is 6.32. The summed E-state index contributed by atoms with van der Waals surface area (Å²) in [6, 6.07) is 0. The Kier molecular flexibility index (Phi) is 4.30. The van der Waals surface area contributed by atoms with Crippen LogP contribution in [-0.4, -0.2) is 41.3 Å². The number of rotatable bonds is 5. The maximum atomic E-state index is 12.0. The molecule has 100 valence electrons. The van der Waals surface area contributed by atoms with Crippen LogP contribution in [-0.2, 0) is 22.5 Å². The van der Waals surface area contributed by atoms with Crippen LogP contribution >= 0.6 is 0 Å². The number of carbonyl (C=O) groups excluding carboxylic acids is 1. The molecule has 0 radical (unpaired) electrons. The van der Waals surface area contributed by atoms with E-state index < -0.39 is 0 Å². The SMILES string of the molecule is CCc1nnc(CN(C)C(=O)CC2CCOC2)o1. The fourth-order valence-electron chi connectivity index (χ4n) is 1.93. The van der Waals surface area contributed by atoms with Gasteiger partial charge in [-0.1, -0.05) is 6.92 Å². The van der Waals surface area contributed by atoms with Gasteiger partial charge in [0.1, 0.15) is 0 Å². The average Bonchev–Trinajstić information content (AvgIpc) is 3.00. The normalized spacial score (nSPS) is 19.1. The Morgan fingerprint density at radius 3 is 2.83 bits per heavy atom. The van der Waals surface area contributed by atoms with Crippen molar-refractivity contribution >= 4 is 5.91 Å². The van der Waals surface area contributed by atoms with Crippen molar-refractivity contribution in [1.29, 1.82) is 0 Å². The molecule has 2 rings (SSSR count). The van der Waals surface area contributed by atoms with Gasteiger partial charge in [0, 0.05) is 33.1 Å². The number of aromatic nitrogens is 2. The number of carbonyl (C=O) groups is 1. The fraction of sp³-hybridized carbons (Fsp3) is 0.750. The summed E-state index contributed by atoms with van der Waals surface area (Å²) in [4.78, 5) is 13.6. The second-order valence-electron chi connectivity index (χ2n) is 4.63. The highest BCUT2D eigenvalue weighted by molar-refractivity contribution is 5.76. The Labute approximate surface area is 106 Å². The van der Waals surface area contributed by atoms with Gasteiger partial charge in [0.25, 0.3) is 0 Å². The molecule has 1 aliphatic heterocycles. The fourth-order valence-corrected chi connectivity index (χ4v) is 1.93. The molecule has 0 N–H and O–H groups in total. The second kappa shape index (κ2) is 5.95. The number of aryl methyl sites for hydroxylation is 1. The lowest BCUT2D eigenvalue weighted by Gasteiger charge is -2.16. The van der Waals surface area contributed by atoms with Crippen LogP contribution in [0.2, 0.25) is 0 Å². The van der Waals surface area contributed by atoms with Crippen LogP contribution in [0.5, 0.6) is 0 Å². The Bertz CT molecular complexity index is 399. The highest BCUT2D eigenvalue weighted by Gasteiger charge is 2.22. The summed E-state index contributed by atoms with van der Waals surface area (Å²) in [5, 5.41) is 7.78. The van der Waals surface area contributed by atoms with Crippen molar-refractivity contribution in [1.82, 2.24) is 15.1 Å². The monoisotopic (exact) mass is 253 g/mol. The van der Waals surface area contributed by atoms with Crippen LogP contribution in [0.4, 0.5) is 0 Å². The van der Waals surface area contributed by atoms with Crippen molar-refractivity contribution < 1.29 is 13.9 Å². The number of amides is 1. The summed E-state index contributed by atoms with van der Waals surface area (Å²) < 4.78 is 10.6. The van der Waals surface area contributed by atoms with Crippen LogP contribution in [0.3, 0.4) is 0 Å². The maximum absolute atomic E-state index is 12.0. The van der Waals surface area contributed by atoms with Gasteiger partial charge in [-0.25, -0.2) is 0 Å². The highest BCUT2D eigenvalue weighted by Crippen LogP contribution is 2.17. The predicted octanol–water partition coefficient (Wildman–Crippen LogP) is 1.02. The summed E-state index contributed by atoms with van der Waals surface area (Å²) in [6.45, 7) is 3.79. The molecular weight excluding hydrogens is 234 g/mol. The molecule has 1 atom stereocenters. The van der Waals surface area contributed by atoms with Crippen LogP contribution in [0.15, 0.2) is 4.42 Å². The molecule has 0 aromatic carbocycles. The molecule has 1 fully saturated rings. The van der Waals surface area contributed by atoms with Crippen LogP contribution in [0, 0.1) is 5.92 Å². The van der Waals surface area contributed by atoms with Crippen LogP contribution < -0.4 is 0 Å². The van der Waals surface area contributed by atoms with E-state index in [0.29, 0.717) is 43.7 Å². The molecule has 0 spiro atoms. The molecular formula is C12H19N3O3. The van der Waals surface area contributed by atoms with E-state index in [1.165, 1.54) is 0 Å². The summed E-state index contributed by atoms with van der Waals surface area (Å²) in [5.74, 6) is 1.55. The van der Waals surface area contributed by atoms with Gasteiger partial charge >= 0.3 is 0 Å². The van der Waals surface area contributed by atoms with E-state index in [-0.39, 0.29) is 5.91 Å². The number of nitrogens with zero attached hydrogens (tertiary/aromatic N) is 3. The average molecular weight is 253 g/mol. The first-order valence-corrected chi connectivity index (χ1v) is 6.32. The molecule has 18 heavy (non-hydrogen) atoms. The van der Waals surface area contributed by atoms with Gasteiger partial charge in [0.15, 0.2) is 0 Å². The van der Waals surface area contributed by atoms with E-state index in [1.807, 2.05) is 6.92 Å². The molecule has 2 heterocycles. The minimum atomic E-state index is 0.0988. The van der Waals surface area contributed by atoms with Gasteiger partial charge in [0.2, 0.25) is 17.7 Å². The zero-order valence-electron chi connectivity index (χ0n) is 10.9. The molecule has 6 heteroatoms. The molecule has 1 aliphatic rings. The maximum Gasteiger partial charge on any atom is 0.235 e. The van der Waals surface area contributed by atoms with Gasteiger partial charge in [-0.15, -0.1) is 10.2 Å². The molecule has 1 saturated heterocycles. The second-order valence-corrected chi connectivity index (χ2v) is 4.63. The third kappa shape index (κ3) is 3.29. The molecule has 1 aromatic rings. The Hall–Kier alpha value is -1.43. The van der Waals surface area contributed by atoms with E-state index in [9.17, 15) is 4.79 Å². The highest BCUT2D eigenvalue weighted by atomic mass is 16.5. The molecule has 0 bridgehead atoms. The molecule has 1 aromatic heterocycles. The van der Waals surface area contributed by atoms with Crippen molar-refractivity contribution in [3.63, 3.8) is 0 Å². The number of hydrogen-bond donors (Lipinski definition) is 0. The van der Waals surface area contributed by atoms with Gasteiger partial charge in [-0.2, -0.15) is 0 Å². The minimum Gasteiger partial charge on any atom is -0.423 e. The Morgan fingerprint density at radius 2 is 2.22 bits per heavy atom. The van der Waals surface area contributed by atoms with E-state index in [0.717, 1.165) is 13.0 Å². The summed E-state index contributed by atoms with van der Waals surface area (Å²) >= 11 is 0. The first-order chi connectivity index (χ1) is 8.69. The molecule has 6 nitrogen and oxygen atoms in total.